The van der Waals surface area contributed by atoms with E-state index >= 15 is 0 Å². The summed E-state index contributed by atoms with van der Waals surface area (Å²) >= 11 is 0. The molecule has 0 fully saturated rings. The molecule has 0 bridgehead atoms. The minimum atomic E-state index is -3.28. The molecule has 144 valence electrons. The molecule has 2 rings (SSSR count). The maximum Gasteiger partial charge on any atom is 0.338 e. The quantitative estimate of drug-likeness (QED) is 0.757. The number of carbonyl (C=O) groups excluding carboxylic acids is 2. The third-order valence-electron chi connectivity index (χ3n) is 3.43. The normalized spacial score (nSPS) is 12.3. The number of nitrogens with one attached hydrogen (secondary N) is 1. The summed E-state index contributed by atoms with van der Waals surface area (Å²) in [6.07, 6.45) is -0.227. The summed E-state index contributed by atoms with van der Waals surface area (Å²) in [6.45, 7) is 1.27. The summed E-state index contributed by atoms with van der Waals surface area (Å²) in [4.78, 5) is 24.2. The summed E-state index contributed by atoms with van der Waals surface area (Å²) in [5.41, 5.74) is 0.0803. The van der Waals surface area contributed by atoms with Crippen LogP contribution in [0.3, 0.4) is 0 Å². The van der Waals surface area contributed by atoms with Gasteiger partial charge < -0.3 is 10.1 Å². The molecule has 0 aliphatic rings. The van der Waals surface area contributed by atoms with Crippen molar-refractivity contribution in [1.82, 2.24) is 0 Å². The highest BCUT2D eigenvalue weighted by Gasteiger charge is 2.20. The minimum absolute atomic E-state index is 0.0627. The largest absolute Gasteiger partial charge is 0.449 e. The van der Waals surface area contributed by atoms with Gasteiger partial charge in [0.1, 0.15) is 11.6 Å². The molecule has 0 aromatic heterocycles. The van der Waals surface area contributed by atoms with Gasteiger partial charge in [0.15, 0.2) is 15.9 Å². The van der Waals surface area contributed by atoms with Crippen LogP contribution < -0.4 is 5.32 Å². The fourth-order valence-electron chi connectivity index (χ4n) is 2.20. The van der Waals surface area contributed by atoms with Crippen LogP contribution in [0, 0.1) is 11.6 Å². The van der Waals surface area contributed by atoms with Crippen LogP contribution in [-0.2, 0) is 25.1 Å². The molecule has 2 aromatic carbocycles. The van der Waals surface area contributed by atoms with E-state index in [0.717, 1.165) is 24.5 Å². The molecule has 6 nitrogen and oxygen atoms in total. The van der Waals surface area contributed by atoms with Gasteiger partial charge in [-0.05, 0) is 36.8 Å². The number of esters is 1. The Balaban J connectivity index is 2.05. The van der Waals surface area contributed by atoms with Crippen molar-refractivity contribution in [2.24, 2.45) is 0 Å². The molecule has 0 aliphatic heterocycles. The standard InChI is InChI=1S/C18H17F2NO5S/c1-11(17(22)21-16-9-14(19)6-7-15(16)20)26-18(23)13-5-3-4-12(8-13)10-27(2,24)25/h3-9,11H,10H2,1-2H3,(H,21,22). The van der Waals surface area contributed by atoms with Gasteiger partial charge in [0.05, 0.1) is 17.0 Å². The second kappa shape index (κ2) is 8.26. The molecule has 1 atom stereocenters. The van der Waals surface area contributed by atoms with Gasteiger partial charge in [-0.15, -0.1) is 0 Å². The molecule has 1 N–H and O–H groups in total. The van der Waals surface area contributed by atoms with Crippen molar-refractivity contribution in [2.45, 2.75) is 18.8 Å². The van der Waals surface area contributed by atoms with Gasteiger partial charge >= 0.3 is 5.97 Å². The van der Waals surface area contributed by atoms with E-state index in [1.54, 1.807) is 6.07 Å². The number of hydrogen-bond acceptors (Lipinski definition) is 5. The van der Waals surface area contributed by atoms with E-state index in [4.69, 9.17) is 4.74 Å². The zero-order chi connectivity index (χ0) is 20.2. The number of benzene rings is 2. The van der Waals surface area contributed by atoms with Gasteiger partial charge in [-0.25, -0.2) is 22.0 Å². The van der Waals surface area contributed by atoms with Crippen LogP contribution in [0.25, 0.3) is 0 Å². The molecule has 0 heterocycles. The lowest BCUT2D eigenvalue weighted by Gasteiger charge is -2.14. The van der Waals surface area contributed by atoms with Crippen LogP contribution in [0.1, 0.15) is 22.8 Å². The minimum Gasteiger partial charge on any atom is -0.449 e. The number of carbonyl (C=O) groups is 2. The Morgan fingerprint density at radius 2 is 1.85 bits per heavy atom. The van der Waals surface area contributed by atoms with Crippen molar-refractivity contribution in [3.05, 3.63) is 65.2 Å². The van der Waals surface area contributed by atoms with Gasteiger partial charge in [-0.3, -0.25) is 4.79 Å². The maximum absolute atomic E-state index is 13.6. The second-order valence-electron chi connectivity index (χ2n) is 5.93. The Hall–Kier alpha value is -2.81. The van der Waals surface area contributed by atoms with Crippen LogP contribution in [0.4, 0.5) is 14.5 Å². The van der Waals surface area contributed by atoms with Crippen LogP contribution >= 0.6 is 0 Å². The van der Waals surface area contributed by atoms with Crippen molar-refractivity contribution in [2.75, 3.05) is 11.6 Å². The number of amides is 1. The lowest BCUT2D eigenvalue weighted by atomic mass is 10.1. The Labute approximate surface area is 155 Å². The summed E-state index contributed by atoms with van der Waals surface area (Å²) in [5, 5.41) is 2.14. The SMILES string of the molecule is CC(OC(=O)c1cccc(CS(C)(=O)=O)c1)C(=O)Nc1cc(F)ccc1F. The van der Waals surface area contributed by atoms with Gasteiger partial charge in [-0.1, -0.05) is 12.1 Å². The average Bonchev–Trinajstić information content (AvgIpc) is 2.56. The molecule has 1 unspecified atom stereocenters. The van der Waals surface area contributed by atoms with Gasteiger partial charge in [0.25, 0.3) is 5.91 Å². The first kappa shape index (κ1) is 20.5. The zero-order valence-corrected chi connectivity index (χ0v) is 15.3. The van der Waals surface area contributed by atoms with Crippen molar-refractivity contribution < 1.29 is 31.5 Å². The van der Waals surface area contributed by atoms with Gasteiger partial charge in [0, 0.05) is 12.3 Å². The van der Waals surface area contributed by atoms with E-state index in [1.807, 2.05) is 0 Å². The molecule has 0 spiro atoms. The van der Waals surface area contributed by atoms with Crippen LogP contribution in [0.15, 0.2) is 42.5 Å². The zero-order valence-electron chi connectivity index (χ0n) is 14.5. The Morgan fingerprint density at radius 1 is 1.15 bits per heavy atom. The number of sulfone groups is 1. The topological polar surface area (TPSA) is 89.5 Å². The van der Waals surface area contributed by atoms with Crippen LogP contribution in [0.2, 0.25) is 0 Å². The molecule has 27 heavy (non-hydrogen) atoms. The predicted molar refractivity (Wildman–Crippen MR) is 94.9 cm³/mol. The van der Waals surface area contributed by atoms with E-state index in [-0.39, 0.29) is 17.0 Å². The van der Waals surface area contributed by atoms with E-state index in [2.05, 4.69) is 5.32 Å². The van der Waals surface area contributed by atoms with Gasteiger partial charge in [0.2, 0.25) is 0 Å². The molecule has 0 radical (unpaired) electrons. The third kappa shape index (κ3) is 6.14. The second-order valence-corrected chi connectivity index (χ2v) is 8.07. The number of hydrogen-bond donors (Lipinski definition) is 1. The first-order valence-corrected chi connectivity index (χ1v) is 9.85. The molecule has 0 saturated carbocycles. The Bertz CT molecular complexity index is 975. The molecule has 2 aromatic rings. The molecular weight excluding hydrogens is 380 g/mol. The molecule has 9 heteroatoms. The van der Waals surface area contributed by atoms with Crippen molar-refractivity contribution in [3.63, 3.8) is 0 Å². The molecule has 1 amide bonds. The van der Waals surface area contributed by atoms with Crippen LogP contribution in [-0.4, -0.2) is 32.7 Å². The van der Waals surface area contributed by atoms with E-state index < -0.39 is 39.5 Å². The number of rotatable bonds is 6. The van der Waals surface area contributed by atoms with Crippen LogP contribution in [0.5, 0.6) is 0 Å². The predicted octanol–water partition coefficient (Wildman–Crippen LogP) is 2.69. The number of halogens is 2. The maximum atomic E-state index is 13.6. The smallest absolute Gasteiger partial charge is 0.338 e. The molecule has 0 saturated heterocycles. The van der Waals surface area contributed by atoms with Crippen molar-refractivity contribution >= 4 is 27.4 Å². The lowest BCUT2D eigenvalue weighted by molar-refractivity contribution is -0.123. The molecule has 0 aliphatic carbocycles. The highest BCUT2D eigenvalue weighted by molar-refractivity contribution is 7.89. The highest BCUT2D eigenvalue weighted by Crippen LogP contribution is 2.16. The van der Waals surface area contributed by atoms with E-state index in [9.17, 15) is 26.8 Å². The van der Waals surface area contributed by atoms with Crippen molar-refractivity contribution in [1.29, 1.82) is 0 Å². The number of anilines is 1. The Kier molecular flexibility index (Phi) is 6.27. The first-order valence-electron chi connectivity index (χ1n) is 7.79. The highest BCUT2D eigenvalue weighted by atomic mass is 32.2. The molecular formula is C18H17F2NO5S. The Morgan fingerprint density at radius 3 is 2.52 bits per heavy atom. The van der Waals surface area contributed by atoms with Gasteiger partial charge in [-0.2, -0.15) is 0 Å². The summed E-state index contributed by atoms with van der Waals surface area (Å²) in [7, 11) is -3.28. The van der Waals surface area contributed by atoms with Crippen molar-refractivity contribution in [3.8, 4) is 0 Å². The summed E-state index contributed by atoms with van der Waals surface area (Å²) < 4.78 is 54.4. The fourth-order valence-corrected chi connectivity index (χ4v) is 2.99. The first-order chi connectivity index (χ1) is 12.5. The monoisotopic (exact) mass is 397 g/mol. The fraction of sp³-hybridized carbons (Fsp3) is 0.222. The average molecular weight is 397 g/mol. The summed E-state index contributed by atoms with van der Waals surface area (Å²) in [5.74, 6) is -3.52. The van der Waals surface area contributed by atoms with E-state index in [0.29, 0.717) is 5.56 Å². The summed E-state index contributed by atoms with van der Waals surface area (Å²) in [6, 6.07) is 8.35. The van der Waals surface area contributed by atoms with E-state index in [1.165, 1.54) is 25.1 Å². The number of ether oxygens (including phenoxy) is 1. The third-order valence-corrected chi connectivity index (χ3v) is 4.29. The lowest BCUT2D eigenvalue weighted by Crippen LogP contribution is -2.30.